The lowest BCUT2D eigenvalue weighted by Crippen LogP contribution is -2.36. The van der Waals surface area contributed by atoms with Crippen molar-refractivity contribution in [2.45, 2.75) is 24.8 Å². The fraction of sp³-hybridized carbons (Fsp3) is 0.385. The van der Waals surface area contributed by atoms with E-state index in [-0.39, 0.29) is 11.6 Å². The van der Waals surface area contributed by atoms with Crippen molar-refractivity contribution in [1.29, 1.82) is 0 Å². The van der Waals surface area contributed by atoms with Crippen LogP contribution in [0.15, 0.2) is 23.2 Å². The maximum absolute atomic E-state index is 11.2. The summed E-state index contributed by atoms with van der Waals surface area (Å²) in [5.74, 6) is -0.867. The van der Waals surface area contributed by atoms with E-state index in [1.807, 2.05) is 6.07 Å². The Balaban J connectivity index is 2.00. The first-order valence-electron chi connectivity index (χ1n) is 5.92. The third-order valence-electron chi connectivity index (χ3n) is 3.70. The normalized spacial score (nSPS) is 25.4. The fourth-order valence-corrected chi connectivity index (χ4v) is 2.82. The van der Waals surface area contributed by atoms with Crippen LogP contribution >= 0.6 is 0 Å². The third kappa shape index (κ3) is 1.63. The number of nitrogens with zero attached hydrogens (tertiary/aromatic N) is 1. The average molecular weight is 246 g/mol. The largest absolute Gasteiger partial charge is 0.478 e. The summed E-state index contributed by atoms with van der Waals surface area (Å²) in [5.41, 5.74) is 7.66. The smallest absolute Gasteiger partial charge is 0.335 e. The molecule has 3 rings (SSSR count). The van der Waals surface area contributed by atoms with Crippen molar-refractivity contribution in [2.75, 3.05) is 6.61 Å². The van der Waals surface area contributed by atoms with Gasteiger partial charge in [-0.1, -0.05) is 12.1 Å². The number of aromatic carboxylic acids is 1. The number of benzene rings is 1. The Morgan fingerprint density at radius 3 is 3.00 bits per heavy atom. The predicted octanol–water partition coefficient (Wildman–Crippen LogP) is 0.957. The number of rotatable bonds is 1. The molecule has 1 aliphatic carbocycles. The van der Waals surface area contributed by atoms with Crippen LogP contribution in [0.4, 0.5) is 0 Å². The number of aliphatic imine (C=N–C) groups is 1. The zero-order valence-electron chi connectivity index (χ0n) is 9.85. The number of amidine groups is 1. The molecular formula is C13H14N2O3. The Labute approximate surface area is 104 Å². The van der Waals surface area contributed by atoms with Gasteiger partial charge < -0.3 is 15.6 Å². The van der Waals surface area contributed by atoms with Crippen molar-refractivity contribution >= 4 is 12.0 Å². The molecule has 1 spiro atoms. The SMILES string of the molecule is NC1=NC2(CCc3c(cccc3C(=O)O)C2)CO1. The molecule has 1 atom stereocenters. The van der Waals surface area contributed by atoms with Gasteiger partial charge in [0.15, 0.2) is 0 Å². The second-order valence-corrected chi connectivity index (χ2v) is 4.89. The molecule has 0 fully saturated rings. The minimum atomic E-state index is -0.867. The summed E-state index contributed by atoms with van der Waals surface area (Å²) in [6.45, 7) is 0.496. The molecule has 5 nitrogen and oxygen atoms in total. The molecule has 94 valence electrons. The highest BCUT2D eigenvalue weighted by molar-refractivity contribution is 5.90. The number of nitrogens with two attached hydrogens (primary N) is 1. The van der Waals surface area contributed by atoms with Crippen molar-refractivity contribution in [1.82, 2.24) is 0 Å². The first-order valence-corrected chi connectivity index (χ1v) is 5.92. The molecule has 1 aromatic rings. The van der Waals surface area contributed by atoms with E-state index >= 15 is 0 Å². The Hall–Kier alpha value is -2.04. The summed E-state index contributed by atoms with van der Waals surface area (Å²) in [5, 5.41) is 9.17. The topological polar surface area (TPSA) is 84.9 Å². The summed E-state index contributed by atoms with van der Waals surface area (Å²) in [4.78, 5) is 15.5. The maximum Gasteiger partial charge on any atom is 0.335 e. The third-order valence-corrected chi connectivity index (χ3v) is 3.70. The predicted molar refractivity (Wildman–Crippen MR) is 65.7 cm³/mol. The lowest BCUT2D eigenvalue weighted by molar-refractivity contribution is 0.0695. The van der Waals surface area contributed by atoms with Crippen molar-refractivity contribution in [3.8, 4) is 0 Å². The summed E-state index contributed by atoms with van der Waals surface area (Å²) >= 11 is 0. The molecule has 1 unspecified atom stereocenters. The Kier molecular flexibility index (Phi) is 2.29. The fourth-order valence-electron chi connectivity index (χ4n) is 2.82. The van der Waals surface area contributed by atoms with Gasteiger partial charge >= 0.3 is 5.97 Å². The van der Waals surface area contributed by atoms with E-state index in [4.69, 9.17) is 15.6 Å². The number of hydrogen-bond acceptors (Lipinski definition) is 4. The molecule has 1 heterocycles. The lowest BCUT2D eigenvalue weighted by atomic mass is 9.77. The minimum Gasteiger partial charge on any atom is -0.478 e. The van der Waals surface area contributed by atoms with E-state index in [0.717, 1.165) is 17.5 Å². The molecule has 3 N–H and O–H groups in total. The van der Waals surface area contributed by atoms with Gasteiger partial charge in [-0.15, -0.1) is 0 Å². The van der Waals surface area contributed by atoms with Crippen LogP contribution < -0.4 is 5.73 Å². The highest BCUT2D eigenvalue weighted by Crippen LogP contribution is 2.35. The second kappa shape index (κ2) is 3.73. The first-order chi connectivity index (χ1) is 8.60. The van der Waals surface area contributed by atoms with Crippen LogP contribution in [0.2, 0.25) is 0 Å². The van der Waals surface area contributed by atoms with Gasteiger partial charge in [0.05, 0.1) is 5.56 Å². The molecule has 0 bridgehead atoms. The zero-order valence-corrected chi connectivity index (χ0v) is 9.85. The number of ether oxygens (including phenoxy) is 1. The standard InChI is InChI=1S/C13H14N2O3/c14-12-15-13(7-18-12)5-4-9-8(6-13)2-1-3-10(9)11(16)17/h1-3H,4-7H2,(H2,14,15)(H,16,17). The van der Waals surface area contributed by atoms with Gasteiger partial charge in [-0.3, -0.25) is 0 Å². The van der Waals surface area contributed by atoms with E-state index in [9.17, 15) is 4.79 Å². The van der Waals surface area contributed by atoms with Crippen LogP contribution in [0, 0.1) is 0 Å². The van der Waals surface area contributed by atoms with Crippen LogP contribution in [0.3, 0.4) is 0 Å². The van der Waals surface area contributed by atoms with Gasteiger partial charge in [0.25, 0.3) is 6.02 Å². The number of carboxylic acid groups (broad SMARTS) is 1. The molecule has 0 saturated heterocycles. The van der Waals surface area contributed by atoms with Gasteiger partial charge in [-0.05, 0) is 30.0 Å². The van der Waals surface area contributed by atoms with Crippen molar-refractivity contribution < 1.29 is 14.6 Å². The molecular weight excluding hydrogens is 232 g/mol. The van der Waals surface area contributed by atoms with Gasteiger partial charge in [0.2, 0.25) is 0 Å². The molecule has 1 aromatic carbocycles. The van der Waals surface area contributed by atoms with E-state index < -0.39 is 5.97 Å². The number of carboxylic acids is 1. The Morgan fingerprint density at radius 1 is 1.50 bits per heavy atom. The first kappa shape index (κ1) is 11.1. The summed E-state index contributed by atoms with van der Waals surface area (Å²) in [6, 6.07) is 5.64. The quantitative estimate of drug-likeness (QED) is 0.772. The molecule has 18 heavy (non-hydrogen) atoms. The van der Waals surface area contributed by atoms with Crippen LogP contribution in [-0.4, -0.2) is 29.2 Å². The minimum absolute atomic E-state index is 0.243. The van der Waals surface area contributed by atoms with Crippen LogP contribution in [0.25, 0.3) is 0 Å². The van der Waals surface area contributed by atoms with E-state index in [2.05, 4.69) is 4.99 Å². The zero-order chi connectivity index (χ0) is 12.8. The highest BCUT2D eigenvalue weighted by Gasteiger charge is 2.40. The van der Waals surface area contributed by atoms with Gasteiger partial charge in [-0.2, -0.15) is 0 Å². The molecule has 2 aliphatic rings. The second-order valence-electron chi connectivity index (χ2n) is 4.89. The summed E-state index contributed by atoms with van der Waals surface area (Å²) in [6.07, 6.45) is 2.19. The summed E-state index contributed by atoms with van der Waals surface area (Å²) < 4.78 is 5.25. The Morgan fingerprint density at radius 2 is 2.33 bits per heavy atom. The van der Waals surface area contributed by atoms with Crippen molar-refractivity contribution in [3.63, 3.8) is 0 Å². The molecule has 0 radical (unpaired) electrons. The van der Waals surface area contributed by atoms with Gasteiger partial charge in [0, 0.05) is 6.42 Å². The molecule has 0 saturated carbocycles. The lowest BCUT2D eigenvalue weighted by Gasteiger charge is -2.30. The van der Waals surface area contributed by atoms with Gasteiger partial charge in [0.1, 0.15) is 12.1 Å². The van der Waals surface area contributed by atoms with Crippen molar-refractivity contribution in [3.05, 3.63) is 34.9 Å². The monoisotopic (exact) mass is 246 g/mol. The average Bonchev–Trinajstić information content (AvgIpc) is 2.69. The molecule has 0 amide bonds. The molecule has 0 aromatic heterocycles. The van der Waals surface area contributed by atoms with Gasteiger partial charge in [-0.25, -0.2) is 9.79 Å². The summed E-state index contributed by atoms with van der Waals surface area (Å²) in [7, 11) is 0. The van der Waals surface area contributed by atoms with Crippen LogP contribution in [-0.2, 0) is 17.6 Å². The maximum atomic E-state index is 11.2. The van der Waals surface area contributed by atoms with Crippen molar-refractivity contribution in [2.24, 2.45) is 10.7 Å². The van der Waals surface area contributed by atoms with E-state index in [0.29, 0.717) is 25.0 Å². The Bertz CT molecular complexity index is 553. The number of carbonyl (C=O) groups is 1. The molecule has 1 aliphatic heterocycles. The van der Waals surface area contributed by atoms with Crippen LogP contribution in [0.5, 0.6) is 0 Å². The van der Waals surface area contributed by atoms with Crippen LogP contribution in [0.1, 0.15) is 27.9 Å². The van der Waals surface area contributed by atoms with E-state index in [1.165, 1.54) is 0 Å². The molecule has 5 heteroatoms. The highest BCUT2D eigenvalue weighted by atomic mass is 16.5. The number of fused-ring (bicyclic) bond motifs is 1. The van der Waals surface area contributed by atoms with E-state index in [1.54, 1.807) is 12.1 Å². The number of hydrogen-bond donors (Lipinski definition) is 2.